The number of aryl methyl sites for hydroxylation is 1. The fourth-order valence-electron chi connectivity index (χ4n) is 1.83. The topological polar surface area (TPSA) is 26.0 Å². The number of hydrogen-bond donors (Lipinski definition) is 1. The molecule has 2 N–H and O–H groups in total. The van der Waals surface area contributed by atoms with Gasteiger partial charge in [-0.1, -0.05) is 35.3 Å². The highest BCUT2D eigenvalue weighted by atomic mass is 35.5. The Morgan fingerprint density at radius 2 is 1.53 bits per heavy atom. The first-order valence-corrected chi connectivity index (χ1v) is 6.32. The summed E-state index contributed by atoms with van der Waals surface area (Å²) in [5.41, 5.74) is 7.92. The summed E-state index contributed by atoms with van der Waals surface area (Å²) < 4.78 is 26.3. The average molecular weight is 302 g/mol. The van der Waals surface area contributed by atoms with E-state index in [1.807, 2.05) is 13.0 Å². The fourth-order valence-corrected chi connectivity index (χ4v) is 2.45. The molecule has 0 radical (unpaired) electrons. The Balaban J connectivity index is 2.49. The van der Waals surface area contributed by atoms with Gasteiger partial charge in [-0.2, -0.15) is 0 Å². The van der Waals surface area contributed by atoms with Crippen molar-refractivity contribution >= 4 is 23.2 Å². The van der Waals surface area contributed by atoms with Crippen LogP contribution in [0.2, 0.25) is 10.0 Å². The highest BCUT2D eigenvalue weighted by Crippen LogP contribution is 2.32. The maximum atomic E-state index is 13.3. The number of halogens is 4. The van der Waals surface area contributed by atoms with Crippen molar-refractivity contribution in [1.29, 1.82) is 0 Å². The normalized spacial score (nSPS) is 12.5. The van der Waals surface area contributed by atoms with Crippen molar-refractivity contribution in [3.63, 3.8) is 0 Å². The second-order valence-corrected chi connectivity index (χ2v) is 5.10. The van der Waals surface area contributed by atoms with Gasteiger partial charge in [0.25, 0.3) is 0 Å². The molecule has 5 heteroatoms. The SMILES string of the molecule is Cc1ccc(C(N)c2cc(F)c(F)cc2Cl)c(Cl)c1. The average Bonchev–Trinajstić information content (AvgIpc) is 2.33. The van der Waals surface area contributed by atoms with Gasteiger partial charge in [-0.15, -0.1) is 0 Å². The molecular weight excluding hydrogens is 291 g/mol. The van der Waals surface area contributed by atoms with Crippen LogP contribution in [-0.4, -0.2) is 0 Å². The molecule has 2 rings (SSSR count). The smallest absolute Gasteiger partial charge is 0.160 e. The first kappa shape index (κ1) is 14.3. The van der Waals surface area contributed by atoms with Gasteiger partial charge in [0.05, 0.1) is 6.04 Å². The molecule has 2 aromatic rings. The monoisotopic (exact) mass is 301 g/mol. The third-order valence-electron chi connectivity index (χ3n) is 2.87. The lowest BCUT2D eigenvalue weighted by atomic mass is 9.98. The Labute approximate surface area is 119 Å². The molecule has 0 spiro atoms. The van der Waals surface area contributed by atoms with Gasteiger partial charge in [-0.3, -0.25) is 0 Å². The molecule has 0 fully saturated rings. The highest BCUT2D eigenvalue weighted by molar-refractivity contribution is 6.32. The van der Waals surface area contributed by atoms with Gasteiger partial charge >= 0.3 is 0 Å². The molecule has 0 saturated carbocycles. The van der Waals surface area contributed by atoms with E-state index in [0.717, 1.165) is 17.7 Å². The second kappa shape index (κ2) is 5.45. The van der Waals surface area contributed by atoms with Crippen molar-refractivity contribution in [3.8, 4) is 0 Å². The molecule has 100 valence electrons. The summed E-state index contributed by atoms with van der Waals surface area (Å²) in [6.07, 6.45) is 0. The van der Waals surface area contributed by atoms with E-state index in [1.165, 1.54) is 0 Å². The summed E-state index contributed by atoms with van der Waals surface area (Å²) in [4.78, 5) is 0. The van der Waals surface area contributed by atoms with Crippen LogP contribution < -0.4 is 5.73 Å². The Hall–Kier alpha value is -1.16. The van der Waals surface area contributed by atoms with Crippen LogP contribution in [0.5, 0.6) is 0 Å². The molecule has 0 aliphatic rings. The van der Waals surface area contributed by atoms with Gasteiger partial charge in [0.2, 0.25) is 0 Å². The Kier molecular flexibility index (Phi) is 4.09. The molecule has 0 aromatic heterocycles. The highest BCUT2D eigenvalue weighted by Gasteiger charge is 2.18. The van der Waals surface area contributed by atoms with E-state index in [1.54, 1.807) is 12.1 Å². The maximum absolute atomic E-state index is 13.3. The summed E-state index contributed by atoms with van der Waals surface area (Å²) >= 11 is 12.0. The Bertz CT molecular complexity index is 629. The predicted octanol–water partition coefficient (Wildman–Crippen LogP) is 4.63. The molecule has 0 aliphatic carbocycles. The van der Waals surface area contributed by atoms with Crippen LogP contribution in [0.1, 0.15) is 22.7 Å². The number of hydrogen-bond acceptors (Lipinski definition) is 1. The third-order valence-corrected chi connectivity index (χ3v) is 3.52. The predicted molar refractivity (Wildman–Crippen MR) is 73.6 cm³/mol. The molecule has 1 atom stereocenters. The van der Waals surface area contributed by atoms with Crippen molar-refractivity contribution in [3.05, 3.63) is 68.7 Å². The number of benzene rings is 2. The van der Waals surface area contributed by atoms with Crippen molar-refractivity contribution < 1.29 is 8.78 Å². The Morgan fingerprint density at radius 3 is 2.16 bits per heavy atom. The number of nitrogens with two attached hydrogens (primary N) is 1. The minimum atomic E-state index is -1.00. The van der Waals surface area contributed by atoms with Gasteiger partial charge < -0.3 is 5.73 Å². The van der Waals surface area contributed by atoms with E-state index in [9.17, 15) is 8.78 Å². The summed E-state index contributed by atoms with van der Waals surface area (Å²) in [5, 5.41) is 0.538. The van der Waals surface area contributed by atoms with Gasteiger partial charge in [0.15, 0.2) is 11.6 Å². The standard InChI is InChI=1S/C14H11Cl2F2N/c1-7-2-3-8(10(15)4-7)14(19)9-5-12(17)13(18)6-11(9)16/h2-6,14H,19H2,1H3. The van der Waals surface area contributed by atoms with Crippen LogP contribution in [0.25, 0.3) is 0 Å². The maximum Gasteiger partial charge on any atom is 0.160 e. The largest absolute Gasteiger partial charge is 0.320 e. The van der Waals surface area contributed by atoms with E-state index in [2.05, 4.69) is 0 Å². The van der Waals surface area contributed by atoms with Crippen LogP contribution in [0.4, 0.5) is 8.78 Å². The molecule has 0 amide bonds. The molecule has 1 nitrogen and oxygen atoms in total. The fraction of sp³-hybridized carbons (Fsp3) is 0.143. The molecule has 19 heavy (non-hydrogen) atoms. The quantitative estimate of drug-likeness (QED) is 0.804. The van der Waals surface area contributed by atoms with Crippen molar-refractivity contribution in [2.24, 2.45) is 5.73 Å². The zero-order chi connectivity index (χ0) is 14.2. The molecular formula is C14H11Cl2F2N. The minimum absolute atomic E-state index is 0.0723. The van der Waals surface area contributed by atoms with Gasteiger partial charge in [0, 0.05) is 10.0 Å². The van der Waals surface area contributed by atoms with E-state index >= 15 is 0 Å². The van der Waals surface area contributed by atoms with Crippen LogP contribution in [0.3, 0.4) is 0 Å². The minimum Gasteiger partial charge on any atom is -0.320 e. The van der Waals surface area contributed by atoms with Crippen molar-refractivity contribution in [2.75, 3.05) is 0 Å². The lowest BCUT2D eigenvalue weighted by molar-refractivity contribution is 0.506. The molecule has 2 aromatic carbocycles. The van der Waals surface area contributed by atoms with E-state index in [4.69, 9.17) is 28.9 Å². The van der Waals surface area contributed by atoms with E-state index < -0.39 is 17.7 Å². The van der Waals surface area contributed by atoms with Gasteiger partial charge in [0.1, 0.15) is 0 Å². The summed E-state index contributed by atoms with van der Waals surface area (Å²) in [7, 11) is 0. The summed E-state index contributed by atoms with van der Waals surface area (Å²) in [6, 6.07) is 6.54. The lowest BCUT2D eigenvalue weighted by Gasteiger charge is -2.16. The van der Waals surface area contributed by atoms with Crippen molar-refractivity contribution in [2.45, 2.75) is 13.0 Å². The second-order valence-electron chi connectivity index (χ2n) is 4.29. The van der Waals surface area contributed by atoms with Crippen molar-refractivity contribution in [1.82, 2.24) is 0 Å². The summed E-state index contributed by atoms with van der Waals surface area (Å²) in [5.74, 6) is -1.99. The Morgan fingerprint density at radius 1 is 0.947 bits per heavy atom. The van der Waals surface area contributed by atoms with Gasteiger partial charge in [-0.05, 0) is 41.8 Å². The van der Waals surface area contributed by atoms with Gasteiger partial charge in [-0.25, -0.2) is 8.78 Å². The van der Waals surface area contributed by atoms with E-state index in [-0.39, 0.29) is 5.02 Å². The third kappa shape index (κ3) is 2.89. The first-order valence-electron chi connectivity index (χ1n) is 5.56. The van der Waals surface area contributed by atoms with Crippen LogP contribution >= 0.6 is 23.2 Å². The molecule has 0 aliphatic heterocycles. The first-order chi connectivity index (χ1) is 8.90. The molecule has 0 saturated heterocycles. The summed E-state index contributed by atoms with van der Waals surface area (Å²) in [6.45, 7) is 1.89. The molecule has 1 unspecified atom stereocenters. The number of rotatable bonds is 2. The van der Waals surface area contributed by atoms with E-state index in [0.29, 0.717) is 16.1 Å². The molecule has 0 heterocycles. The van der Waals surface area contributed by atoms with Crippen LogP contribution in [0.15, 0.2) is 30.3 Å². The zero-order valence-electron chi connectivity index (χ0n) is 10.1. The zero-order valence-corrected chi connectivity index (χ0v) is 11.6. The lowest BCUT2D eigenvalue weighted by Crippen LogP contribution is -2.13. The van der Waals surface area contributed by atoms with Crippen LogP contribution in [0, 0.1) is 18.6 Å². The van der Waals surface area contributed by atoms with Crippen LogP contribution in [-0.2, 0) is 0 Å². The molecule has 0 bridgehead atoms.